The number of ether oxygens (including phenoxy) is 1. The minimum absolute atomic E-state index is 0.113. The van der Waals surface area contributed by atoms with Crippen molar-refractivity contribution in [2.45, 2.75) is 17.4 Å². The number of sulfonamides is 1. The zero-order valence-corrected chi connectivity index (χ0v) is 17.5. The number of carbonyl (C=O) groups excluding carboxylic acids is 1. The second kappa shape index (κ2) is 10.8. The first-order chi connectivity index (χ1) is 14.2. The van der Waals surface area contributed by atoms with Gasteiger partial charge in [-0.3, -0.25) is 9.59 Å². The molecule has 30 heavy (non-hydrogen) atoms. The number of aliphatic carboxylic acids is 1. The highest BCUT2D eigenvalue weighted by Gasteiger charge is 2.24. The molecule has 0 fully saturated rings. The summed E-state index contributed by atoms with van der Waals surface area (Å²) in [6.07, 6.45) is -0.215. The molecule has 0 saturated heterocycles. The molecule has 2 aromatic rings. The lowest BCUT2D eigenvalue weighted by atomic mass is 10.2. The van der Waals surface area contributed by atoms with Crippen molar-refractivity contribution in [3.63, 3.8) is 0 Å². The van der Waals surface area contributed by atoms with E-state index in [1.54, 1.807) is 24.3 Å². The lowest BCUT2D eigenvalue weighted by Gasteiger charge is -2.13. The maximum absolute atomic E-state index is 12.5. The maximum atomic E-state index is 12.5. The predicted octanol–water partition coefficient (Wildman–Crippen LogP) is 2.36. The van der Waals surface area contributed by atoms with Crippen molar-refractivity contribution in [2.24, 2.45) is 0 Å². The Labute approximate surface area is 179 Å². The highest BCUT2D eigenvalue weighted by Crippen LogP contribution is 2.16. The number of nitrogens with one attached hydrogen (secondary N) is 2. The summed E-state index contributed by atoms with van der Waals surface area (Å²) < 4.78 is 31.8. The van der Waals surface area contributed by atoms with Gasteiger partial charge >= 0.3 is 5.97 Å². The number of hydrogen-bond donors (Lipinski definition) is 3. The van der Waals surface area contributed by atoms with Gasteiger partial charge in [-0.15, -0.1) is 0 Å². The highest BCUT2D eigenvalue weighted by atomic mass is 35.5. The molecule has 2 rings (SSSR count). The van der Waals surface area contributed by atoms with E-state index in [1.807, 2.05) is 0 Å². The van der Waals surface area contributed by atoms with Crippen LogP contribution in [0.15, 0.2) is 53.4 Å². The second-order valence-electron chi connectivity index (χ2n) is 5.99. The van der Waals surface area contributed by atoms with Crippen molar-refractivity contribution in [3.05, 3.63) is 59.1 Å². The summed E-state index contributed by atoms with van der Waals surface area (Å²) in [4.78, 5) is 23.4. The number of anilines is 1. The normalized spacial score (nSPS) is 11.8. The van der Waals surface area contributed by atoms with Crippen molar-refractivity contribution in [1.29, 1.82) is 0 Å². The minimum atomic E-state index is -4.11. The summed E-state index contributed by atoms with van der Waals surface area (Å²) in [5, 5.41) is 12.4. The van der Waals surface area contributed by atoms with Crippen molar-refractivity contribution in [2.75, 3.05) is 19.0 Å². The number of benzene rings is 2. The zero-order valence-electron chi connectivity index (χ0n) is 15.9. The predicted molar refractivity (Wildman–Crippen MR) is 112 cm³/mol. The Morgan fingerprint density at radius 2 is 1.73 bits per heavy atom. The number of amides is 1. The van der Waals surface area contributed by atoms with Gasteiger partial charge in [-0.2, -0.15) is 4.72 Å². The first kappa shape index (κ1) is 23.4. The lowest BCUT2D eigenvalue weighted by Crippen LogP contribution is -2.40. The van der Waals surface area contributed by atoms with Crippen molar-refractivity contribution in [3.8, 4) is 11.8 Å². The summed E-state index contributed by atoms with van der Waals surface area (Å²) >= 11 is 5.79. The molecule has 3 N–H and O–H groups in total. The van der Waals surface area contributed by atoms with Gasteiger partial charge in [0.25, 0.3) is 5.91 Å². The lowest BCUT2D eigenvalue weighted by molar-refractivity contribution is -0.138. The molecular formula is C20H19ClN2O6S. The number of methoxy groups -OCH3 is 1. The van der Waals surface area contributed by atoms with Crippen LogP contribution >= 0.6 is 11.6 Å². The Balaban J connectivity index is 2.07. The average Bonchev–Trinajstić information content (AvgIpc) is 2.71. The molecule has 0 radical (unpaired) electrons. The molecule has 0 saturated carbocycles. The van der Waals surface area contributed by atoms with E-state index >= 15 is 0 Å². The van der Waals surface area contributed by atoms with Crippen LogP contribution in [0.3, 0.4) is 0 Å². The molecule has 1 unspecified atom stereocenters. The Morgan fingerprint density at radius 3 is 2.30 bits per heavy atom. The molecule has 1 atom stereocenters. The third-order valence-corrected chi connectivity index (χ3v) is 5.51. The van der Waals surface area contributed by atoms with E-state index in [4.69, 9.17) is 16.3 Å². The largest absolute Gasteiger partial charge is 0.480 e. The van der Waals surface area contributed by atoms with E-state index in [1.165, 1.54) is 31.4 Å². The summed E-state index contributed by atoms with van der Waals surface area (Å²) in [7, 11) is -2.67. The molecular weight excluding hydrogens is 432 g/mol. The van der Waals surface area contributed by atoms with Gasteiger partial charge in [0.15, 0.2) is 0 Å². The van der Waals surface area contributed by atoms with Crippen LogP contribution in [-0.4, -0.2) is 45.2 Å². The standard InChI is InChI=1S/C20H19ClN2O6S/c1-29-13-3-2-4-18(20(25)26)23-30(27,28)17-11-9-16(10-12-17)22-19(24)14-5-7-15(21)8-6-14/h5-12,18,23H,4,13H2,1H3,(H,22,24)(H,25,26). The molecule has 10 heteroatoms. The number of halogens is 1. The van der Waals surface area contributed by atoms with E-state index in [0.717, 1.165) is 0 Å². The van der Waals surface area contributed by atoms with E-state index in [2.05, 4.69) is 21.9 Å². The number of carbonyl (C=O) groups is 2. The fourth-order valence-electron chi connectivity index (χ4n) is 2.25. The fraction of sp³-hybridized carbons (Fsp3) is 0.200. The number of carboxylic acids is 1. The van der Waals surface area contributed by atoms with Crippen LogP contribution in [0, 0.1) is 11.8 Å². The van der Waals surface area contributed by atoms with Crippen LogP contribution in [-0.2, 0) is 19.6 Å². The molecule has 0 aliphatic heterocycles. The van der Waals surface area contributed by atoms with Gasteiger partial charge in [0, 0.05) is 29.8 Å². The summed E-state index contributed by atoms with van der Waals surface area (Å²) in [6.45, 7) is 0.113. The molecule has 158 valence electrons. The van der Waals surface area contributed by atoms with Crippen molar-refractivity contribution in [1.82, 2.24) is 4.72 Å². The van der Waals surface area contributed by atoms with Crippen LogP contribution in [0.25, 0.3) is 0 Å². The van der Waals surface area contributed by atoms with E-state index in [9.17, 15) is 23.1 Å². The Morgan fingerprint density at radius 1 is 1.10 bits per heavy atom. The number of rotatable bonds is 8. The maximum Gasteiger partial charge on any atom is 0.322 e. The van der Waals surface area contributed by atoms with Crippen LogP contribution in [0.5, 0.6) is 0 Å². The number of carboxylic acid groups (broad SMARTS) is 1. The summed E-state index contributed by atoms with van der Waals surface area (Å²) in [6, 6.07) is 10.2. The third kappa shape index (κ3) is 6.86. The minimum Gasteiger partial charge on any atom is -0.480 e. The van der Waals surface area contributed by atoms with Gasteiger partial charge in [-0.25, -0.2) is 8.42 Å². The van der Waals surface area contributed by atoms with Gasteiger partial charge in [0.2, 0.25) is 10.0 Å². The second-order valence-corrected chi connectivity index (χ2v) is 8.14. The molecule has 0 spiro atoms. The molecule has 0 heterocycles. The smallest absolute Gasteiger partial charge is 0.322 e. The Kier molecular flexibility index (Phi) is 8.38. The molecule has 0 bridgehead atoms. The van der Waals surface area contributed by atoms with Gasteiger partial charge in [-0.1, -0.05) is 23.4 Å². The van der Waals surface area contributed by atoms with E-state index < -0.39 is 22.0 Å². The van der Waals surface area contributed by atoms with Gasteiger partial charge < -0.3 is 15.2 Å². The summed E-state index contributed by atoms with van der Waals surface area (Å²) in [5.74, 6) is 3.39. The topological polar surface area (TPSA) is 122 Å². The monoisotopic (exact) mass is 450 g/mol. The van der Waals surface area contributed by atoms with Gasteiger partial charge in [0.1, 0.15) is 12.6 Å². The number of hydrogen-bond acceptors (Lipinski definition) is 5. The summed E-state index contributed by atoms with van der Waals surface area (Å²) in [5.41, 5.74) is 0.755. The van der Waals surface area contributed by atoms with Crippen LogP contribution < -0.4 is 10.0 Å². The van der Waals surface area contributed by atoms with Crippen molar-refractivity contribution < 1.29 is 27.9 Å². The third-order valence-electron chi connectivity index (χ3n) is 3.77. The van der Waals surface area contributed by atoms with E-state index in [-0.39, 0.29) is 23.8 Å². The van der Waals surface area contributed by atoms with Gasteiger partial charge in [0.05, 0.1) is 4.90 Å². The van der Waals surface area contributed by atoms with Gasteiger partial charge in [-0.05, 0) is 48.5 Å². The molecule has 8 nitrogen and oxygen atoms in total. The van der Waals surface area contributed by atoms with Crippen LogP contribution in [0.4, 0.5) is 5.69 Å². The molecule has 0 aliphatic rings. The highest BCUT2D eigenvalue weighted by molar-refractivity contribution is 7.89. The Hall–Kier alpha value is -2.90. The quantitative estimate of drug-likeness (QED) is 0.531. The van der Waals surface area contributed by atoms with E-state index in [0.29, 0.717) is 16.3 Å². The van der Waals surface area contributed by atoms with Crippen LogP contribution in [0.1, 0.15) is 16.8 Å². The SMILES string of the molecule is COCC#CCC(NS(=O)(=O)c1ccc(NC(=O)c2ccc(Cl)cc2)cc1)C(=O)O. The van der Waals surface area contributed by atoms with Crippen molar-refractivity contribution >= 4 is 39.2 Å². The molecule has 0 aromatic heterocycles. The van der Waals surface area contributed by atoms with Crippen LogP contribution in [0.2, 0.25) is 5.02 Å². The average molecular weight is 451 g/mol. The first-order valence-electron chi connectivity index (χ1n) is 8.59. The molecule has 1 amide bonds. The zero-order chi connectivity index (χ0) is 22.1. The fourth-order valence-corrected chi connectivity index (χ4v) is 3.57. The Bertz CT molecular complexity index is 1060. The molecule has 0 aliphatic carbocycles. The molecule has 2 aromatic carbocycles. The first-order valence-corrected chi connectivity index (χ1v) is 10.5.